The first-order valence-corrected chi connectivity index (χ1v) is 10.4. The summed E-state index contributed by atoms with van der Waals surface area (Å²) >= 11 is 0. The molecule has 0 saturated carbocycles. The van der Waals surface area contributed by atoms with Gasteiger partial charge >= 0.3 is 6.18 Å². The SMILES string of the molecule is O=C([C@@H]1C=C2c3cccc4[nH]cc(c34)C[C@H]2N(CCC(F)(F)F)C1)N1CCOCC1. The topological polar surface area (TPSA) is 48.6 Å². The fourth-order valence-electron chi connectivity index (χ4n) is 5.02. The molecular weight excluding hydrogens is 395 g/mol. The van der Waals surface area contributed by atoms with Crippen molar-refractivity contribution in [3.63, 3.8) is 0 Å². The fourth-order valence-corrected chi connectivity index (χ4v) is 5.02. The van der Waals surface area contributed by atoms with Gasteiger partial charge in [0.1, 0.15) is 0 Å². The maximum Gasteiger partial charge on any atom is 0.390 e. The Morgan fingerprint density at radius 3 is 2.80 bits per heavy atom. The molecule has 0 radical (unpaired) electrons. The van der Waals surface area contributed by atoms with Crippen molar-refractivity contribution < 1.29 is 22.7 Å². The van der Waals surface area contributed by atoms with E-state index in [1.165, 1.54) is 0 Å². The van der Waals surface area contributed by atoms with E-state index in [0.29, 0.717) is 39.3 Å². The zero-order valence-corrected chi connectivity index (χ0v) is 16.5. The van der Waals surface area contributed by atoms with Crippen molar-refractivity contribution >= 4 is 22.4 Å². The van der Waals surface area contributed by atoms with Gasteiger partial charge in [-0.1, -0.05) is 18.2 Å². The number of rotatable bonds is 3. The first kappa shape index (κ1) is 19.6. The fraction of sp³-hybridized carbons (Fsp3) is 0.500. The maximum absolute atomic E-state index is 13.2. The Bertz CT molecular complexity index is 991. The van der Waals surface area contributed by atoms with Crippen LogP contribution in [0.4, 0.5) is 13.2 Å². The molecule has 1 N–H and O–H groups in total. The Labute approximate surface area is 172 Å². The van der Waals surface area contributed by atoms with Crippen LogP contribution in [0, 0.1) is 5.92 Å². The quantitative estimate of drug-likeness (QED) is 0.831. The number of alkyl halides is 3. The van der Waals surface area contributed by atoms with Gasteiger partial charge in [0.25, 0.3) is 0 Å². The van der Waals surface area contributed by atoms with Gasteiger partial charge in [-0.3, -0.25) is 9.69 Å². The van der Waals surface area contributed by atoms with Crippen molar-refractivity contribution in [2.75, 3.05) is 39.4 Å². The zero-order valence-electron chi connectivity index (χ0n) is 16.5. The summed E-state index contributed by atoms with van der Waals surface area (Å²) in [6.07, 6.45) is -0.479. The number of aromatic amines is 1. The molecule has 1 aromatic carbocycles. The van der Waals surface area contributed by atoms with Crippen LogP contribution in [0.25, 0.3) is 16.5 Å². The van der Waals surface area contributed by atoms with E-state index in [-0.39, 0.29) is 18.5 Å². The standard InChI is InChI=1S/C22H24F3N3O2/c23-22(24,25)4-5-28-13-15(21(29)27-6-8-30-9-7-27)10-17-16-2-1-3-18-20(16)14(12-26-18)11-19(17)28/h1-3,10,12,15,19,26H,4-9,11,13H2/t15-,19-/m1/s1. The molecule has 3 aliphatic rings. The van der Waals surface area contributed by atoms with E-state index >= 15 is 0 Å². The van der Waals surface area contributed by atoms with Gasteiger partial charge in [-0.25, -0.2) is 0 Å². The van der Waals surface area contributed by atoms with Gasteiger partial charge in [0.2, 0.25) is 5.91 Å². The average molecular weight is 419 g/mol. The number of ether oxygens (including phenoxy) is 1. The Kier molecular flexibility index (Phi) is 4.86. The van der Waals surface area contributed by atoms with Gasteiger partial charge in [-0.15, -0.1) is 0 Å². The minimum absolute atomic E-state index is 0.0201. The molecule has 1 aliphatic carbocycles. The number of hydrogen-bond donors (Lipinski definition) is 1. The smallest absolute Gasteiger partial charge is 0.378 e. The second-order valence-corrected chi connectivity index (χ2v) is 8.29. The number of nitrogens with one attached hydrogen (secondary N) is 1. The second-order valence-electron chi connectivity index (χ2n) is 8.29. The molecule has 8 heteroatoms. The number of nitrogens with zero attached hydrogens (tertiary/aromatic N) is 2. The lowest BCUT2D eigenvalue weighted by atomic mass is 9.79. The van der Waals surface area contributed by atoms with Crippen LogP contribution in [0.2, 0.25) is 0 Å². The molecule has 2 aliphatic heterocycles. The summed E-state index contributed by atoms with van der Waals surface area (Å²) < 4.78 is 44.4. The third kappa shape index (κ3) is 3.52. The Hall–Kier alpha value is -2.32. The molecule has 5 rings (SSSR count). The second kappa shape index (κ2) is 7.42. The van der Waals surface area contributed by atoms with Crippen molar-refractivity contribution in [1.82, 2.24) is 14.8 Å². The van der Waals surface area contributed by atoms with Crippen LogP contribution in [0.5, 0.6) is 0 Å². The maximum atomic E-state index is 13.2. The van der Waals surface area contributed by atoms with Crippen molar-refractivity contribution in [3.8, 4) is 0 Å². The number of aromatic nitrogens is 1. The highest BCUT2D eigenvalue weighted by molar-refractivity contribution is 5.99. The van der Waals surface area contributed by atoms with Crippen molar-refractivity contribution in [3.05, 3.63) is 41.6 Å². The van der Waals surface area contributed by atoms with Crippen LogP contribution in [-0.4, -0.2) is 72.3 Å². The lowest BCUT2D eigenvalue weighted by Gasteiger charge is -2.43. The van der Waals surface area contributed by atoms with Gasteiger partial charge < -0.3 is 14.6 Å². The first-order chi connectivity index (χ1) is 14.4. The molecule has 2 atom stereocenters. The Morgan fingerprint density at radius 2 is 2.03 bits per heavy atom. The van der Waals surface area contributed by atoms with Gasteiger partial charge in [0.15, 0.2) is 0 Å². The van der Waals surface area contributed by atoms with Crippen LogP contribution in [0.1, 0.15) is 17.5 Å². The summed E-state index contributed by atoms with van der Waals surface area (Å²) in [5, 5.41) is 1.12. The number of fused-ring (bicyclic) bond motifs is 2. The molecule has 160 valence electrons. The van der Waals surface area contributed by atoms with Crippen LogP contribution in [0.3, 0.4) is 0 Å². The zero-order chi connectivity index (χ0) is 20.9. The highest BCUT2D eigenvalue weighted by Crippen LogP contribution is 2.42. The minimum Gasteiger partial charge on any atom is -0.378 e. The van der Waals surface area contributed by atoms with Crippen LogP contribution in [-0.2, 0) is 16.0 Å². The third-order valence-electron chi connectivity index (χ3n) is 6.45. The number of amides is 1. The van der Waals surface area contributed by atoms with E-state index in [4.69, 9.17) is 4.74 Å². The van der Waals surface area contributed by atoms with Crippen molar-refractivity contribution in [2.45, 2.75) is 25.1 Å². The number of halogens is 3. The van der Waals surface area contributed by atoms with E-state index in [1.54, 1.807) is 4.90 Å². The van der Waals surface area contributed by atoms with E-state index in [9.17, 15) is 18.0 Å². The number of H-pyrrole nitrogens is 1. The Morgan fingerprint density at radius 1 is 1.23 bits per heavy atom. The lowest BCUT2D eigenvalue weighted by Crippen LogP contribution is -2.51. The third-order valence-corrected chi connectivity index (χ3v) is 6.45. The normalized spacial score (nSPS) is 24.6. The van der Waals surface area contributed by atoms with E-state index in [0.717, 1.165) is 27.6 Å². The predicted octanol–water partition coefficient (Wildman–Crippen LogP) is 3.22. The van der Waals surface area contributed by atoms with Gasteiger partial charge in [-0.2, -0.15) is 13.2 Å². The summed E-state index contributed by atoms with van der Waals surface area (Å²) in [6.45, 7) is 2.28. The largest absolute Gasteiger partial charge is 0.390 e. The molecule has 0 unspecified atom stereocenters. The van der Waals surface area contributed by atoms with Crippen LogP contribution >= 0.6 is 0 Å². The number of benzene rings is 1. The molecule has 5 nitrogen and oxygen atoms in total. The van der Waals surface area contributed by atoms with E-state index in [2.05, 4.69) is 4.98 Å². The molecule has 1 aromatic heterocycles. The molecule has 1 saturated heterocycles. The Balaban J connectivity index is 1.52. The van der Waals surface area contributed by atoms with Crippen LogP contribution < -0.4 is 0 Å². The molecule has 1 fully saturated rings. The number of hydrogen-bond acceptors (Lipinski definition) is 3. The van der Waals surface area contributed by atoms with Gasteiger partial charge in [-0.05, 0) is 29.2 Å². The molecule has 0 spiro atoms. The lowest BCUT2D eigenvalue weighted by molar-refractivity contribution is -0.142. The van der Waals surface area contributed by atoms with Gasteiger partial charge in [0, 0.05) is 49.3 Å². The summed E-state index contributed by atoms with van der Waals surface area (Å²) in [5.41, 5.74) is 4.15. The number of morpholine rings is 1. The van der Waals surface area contributed by atoms with Crippen molar-refractivity contribution in [1.29, 1.82) is 0 Å². The van der Waals surface area contributed by atoms with Crippen LogP contribution in [0.15, 0.2) is 30.5 Å². The highest BCUT2D eigenvalue weighted by atomic mass is 19.4. The van der Waals surface area contributed by atoms with E-state index < -0.39 is 18.5 Å². The summed E-state index contributed by atoms with van der Waals surface area (Å²) in [7, 11) is 0. The van der Waals surface area contributed by atoms with E-state index in [1.807, 2.05) is 35.4 Å². The first-order valence-electron chi connectivity index (χ1n) is 10.4. The molecular formula is C22H24F3N3O2. The molecule has 1 amide bonds. The summed E-state index contributed by atoms with van der Waals surface area (Å²) in [4.78, 5) is 20.1. The number of carbonyl (C=O) groups is 1. The molecule has 0 bridgehead atoms. The average Bonchev–Trinajstić information content (AvgIpc) is 3.16. The van der Waals surface area contributed by atoms with Gasteiger partial charge in [0.05, 0.1) is 25.6 Å². The minimum atomic E-state index is -4.22. The summed E-state index contributed by atoms with van der Waals surface area (Å²) in [6, 6.07) is 5.83. The molecule has 2 aromatic rings. The predicted molar refractivity (Wildman–Crippen MR) is 107 cm³/mol. The highest BCUT2D eigenvalue weighted by Gasteiger charge is 2.40. The monoisotopic (exact) mass is 419 g/mol. The summed E-state index contributed by atoms with van der Waals surface area (Å²) in [5.74, 6) is -0.466. The number of carbonyl (C=O) groups excluding carboxylic acids is 1. The van der Waals surface area contributed by atoms with Crippen molar-refractivity contribution in [2.24, 2.45) is 5.92 Å². The molecule has 30 heavy (non-hydrogen) atoms. The molecule has 3 heterocycles.